The molecule has 0 bridgehead atoms. The van der Waals surface area contributed by atoms with Gasteiger partial charge in [0.15, 0.2) is 11.6 Å². The van der Waals surface area contributed by atoms with Gasteiger partial charge in [0.05, 0.1) is 28.5 Å². The lowest BCUT2D eigenvalue weighted by Gasteiger charge is -2.38. The van der Waals surface area contributed by atoms with E-state index in [0.717, 1.165) is 95.5 Å². The molecule has 282 valence electrons. The van der Waals surface area contributed by atoms with Crippen molar-refractivity contribution in [3.05, 3.63) is 106 Å². The minimum Gasteiger partial charge on any atom is -0.338 e. The van der Waals surface area contributed by atoms with E-state index in [1.807, 2.05) is 36.4 Å². The van der Waals surface area contributed by atoms with Crippen molar-refractivity contribution < 1.29 is 8.78 Å². The zero-order chi connectivity index (χ0) is 38.3. The molecule has 3 aliphatic rings. The van der Waals surface area contributed by atoms with Crippen LogP contribution in [-0.2, 0) is 19.5 Å². The average molecular weight is 739 g/mol. The predicted molar refractivity (Wildman–Crippen MR) is 215 cm³/mol. The minimum atomic E-state index is -2.82. The number of halogens is 2. The summed E-state index contributed by atoms with van der Waals surface area (Å²) in [6.07, 6.45) is 4.31. The first kappa shape index (κ1) is 36.8. The van der Waals surface area contributed by atoms with E-state index in [4.69, 9.17) is 4.99 Å². The molecule has 0 amide bonds. The molecule has 2 saturated heterocycles. The highest BCUT2D eigenvalue weighted by Gasteiger charge is 2.29. The van der Waals surface area contributed by atoms with E-state index in [2.05, 4.69) is 88.1 Å². The summed E-state index contributed by atoms with van der Waals surface area (Å²) in [5.41, 5.74) is 11.6. The van der Waals surface area contributed by atoms with Gasteiger partial charge in [-0.3, -0.25) is 19.8 Å². The van der Waals surface area contributed by atoms with Gasteiger partial charge in [-0.2, -0.15) is 5.26 Å². The quantitative estimate of drug-likeness (QED) is 0.161. The van der Waals surface area contributed by atoms with Crippen molar-refractivity contribution in [2.24, 2.45) is 16.3 Å². The second kappa shape index (κ2) is 15.2. The fourth-order valence-electron chi connectivity index (χ4n) is 8.63. The molecule has 0 radical (unpaired) electrons. The number of alkyl halides is 2. The lowest BCUT2D eigenvalue weighted by molar-refractivity contribution is 0.108. The van der Waals surface area contributed by atoms with Gasteiger partial charge in [-0.25, -0.2) is 18.7 Å². The Kier molecular flexibility index (Phi) is 10.2. The number of benzene rings is 3. The Hall–Kier alpha value is -5.11. The fourth-order valence-corrected chi connectivity index (χ4v) is 8.63. The van der Waals surface area contributed by atoms with Crippen molar-refractivity contribution in [3.8, 4) is 17.2 Å². The molecule has 0 unspecified atom stereocenters. The molecule has 2 aromatic heterocycles. The number of nitrogens with zero attached hydrogens (tertiary/aromatic N) is 7. The summed E-state index contributed by atoms with van der Waals surface area (Å²) in [5, 5.41) is 13.5. The number of nitriles is 1. The monoisotopic (exact) mass is 738 g/mol. The highest BCUT2D eigenvalue weighted by molar-refractivity contribution is 6.09. The third-order valence-electron chi connectivity index (χ3n) is 11.7. The topological polar surface area (TPSA) is 93.3 Å². The molecule has 5 heterocycles. The van der Waals surface area contributed by atoms with Gasteiger partial charge in [-0.1, -0.05) is 51.1 Å². The van der Waals surface area contributed by atoms with Crippen molar-refractivity contribution in [3.63, 3.8) is 0 Å². The van der Waals surface area contributed by atoms with E-state index in [9.17, 15) is 14.0 Å². The summed E-state index contributed by atoms with van der Waals surface area (Å²) in [7, 11) is 0. The second-order valence-electron chi connectivity index (χ2n) is 16.5. The van der Waals surface area contributed by atoms with Crippen molar-refractivity contribution in [1.82, 2.24) is 24.8 Å². The molecule has 3 aliphatic heterocycles. The molecule has 55 heavy (non-hydrogen) atoms. The number of rotatable bonds is 9. The summed E-state index contributed by atoms with van der Waals surface area (Å²) >= 11 is 0. The second-order valence-corrected chi connectivity index (χ2v) is 16.5. The highest BCUT2D eigenvalue weighted by atomic mass is 19.3. The molecule has 2 fully saturated rings. The lowest BCUT2D eigenvalue weighted by Crippen LogP contribution is -2.37. The molecule has 5 aromatic rings. The summed E-state index contributed by atoms with van der Waals surface area (Å²) in [5.74, 6) is 0.454. The van der Waals surface area contributed by atoms with Crippen LogP contribution in [0.3, 0.4) is 0 Å². The van der Waals surface area contributed by atoms with Crippen molar-refractivity contribution >= 4 is 33.9 Å². The van der Waals surface area contributed by atoms with E-state index in [-0.39, 0.29) is 5.82 Å². The van der Waals surface area contributed by atoms with Crippen LogP contribution in [0.1, 0.15) is 92.1 Å². The number of likely N-dealkylation sites (tertiary alicyclic amines) is 2. The number of piperidine rings is 1. The highest BCUT2D eigenvalue weighted by Crippen LogP contribution is 2.38. The van der Waals surface area contributed by atoms with Crippen molar-refractivity contribution in [1.29, 1.82) is 5.26 Å². The molecule has 0 spiro atoms. The van der Waals surface area contributed by atoms with E-state index in [1.165, 1.54) is 25.7 Å². The number of aromatic nitrogens is 3. The Balaban J connectivity index is 1.04. The predicted octanol–water partition coefficient (Wildman–Crippen LogP) is 10.1. The molecular formula is C45H48F2N8. The summed E-state index contributed by atoms with van der Waals surface area (Å²) in [4.78, 5) is 23.0. The largest absolute Gasteiger partial charge is 0.338 e. The third kappa shape index (κ3) is 7.87. The van der Waals surface area contributed by atoms with Gasteiger partial charge >= 0.3 is 0 Å². The number of anilines is 2. The summed E-state index contributed by atoms with van der Waals surface area (Å²) in [6.45, 7) is 14.9. The van der Waals surface area contributed by atoms with Crippen LogP contribution in [0, 0.1) is 29.6 Å². The van der Waals surface area contributed by atoms with Gasteiger partial charge in [0.2, 0.25) is 0 Å². The molecule has 1 N–H and O–H groups in total. The smallest absolute Gasteiger partial charge is 0.297 e. The number of fused-ring (bicyclic) bond motifs is 2. The van der Waals surface area contributed by atoms with E-state index in [1.54, 1.807) is 6.20 Å². The molecule has 0 aliphatic carbocycles. The Morgan fingerprint density at radius 1 is 0.891 bits per heavy atom. The maximum atomic E-state index is 14.0. The normalized spacial score (nSPS) is 16.8. The molecular weight excluding hydrogens is 691 g/mol. The number of hydrogen-bond acceptors (Lipinski definition) is 8. The number of aliphatic imine (C=N–C) groups is 1. The SMILES string of the molecule is Cc1c(C2=Nc3cc(CN4CCC(C(C)(C)C)CC4)cc(C#N)c3C2)cccc1-c1cccc(Nc2nc(C(F)F)nc3cc(CN4CCCC4)cnc23)c1. The maximum absolute atomic E-state index is 14.0. The zero-order valence-corrected chi connectivity index (χ0v) is 32.2. The first-order valence-electron chi connectivity index (χ1n) is 19.5. The number of hydrogen-bond donors (Lipinski definition) is 1. The number of nitrogens with one attached hydrogen (secondary N) is 1. The Bertz CT molecular complexity index is 2310. The lowest BCUT2D eigenvalue weighted by atomic mass is 9.75. The van der Waals surface area contributed by atoms with Crippen LogP contribution in [-0.4, -0.2) is 56.6 Å². The van der Waals surface area contributed by atoms with Crippen LogP contribution in [0.15, 0.2) is 71.9 Å². The maximum Gasteiger partial charge on any atom is 0.297 e. The van der Waals surface area contributed by atoms with Crippen LogP contribution < -0.4 is 5.32 Å². The van der Waals surface area contributed by atoms with Crippen LogP contribution in [0.4, 0.5) is 26.0 Å². The first-order valence-corrected chi connectivity index (χ1v) is 19.5. The van der Waals surface area contributed by atoms with Gasteiger partial charge in [0, 0.05) is 37.0 Å². The van der Waals surface area contributed by atoms with Gasteiger partial charge in [-0.15, -0.1) is 0 Å². The Morgan fingerprint density at radius 3 is 2.36 bits per heavy atom. The average Bonchev–Trinajstić information content (AvgIpc) is 3.84. The zero-order valence-electron chi connectivity index (χ0n) is 32.2. The van der Waals surface area contributed by atoms with Gasteiger partial charge < -0.3 is 5.32 Å². The van der Waals surface area contributed by atoms with Gasteiger partial charge in [0.1, 0.15) is 5.52 Å². The van der Waals surface area contributed by atoms with Crippen LogP contribution in [0.5, 0.6) is 0 Å². The third-order valence-corrected chi connectivity index (χ3v) is 11.7. The molecule has 0 saturated carbocycles. The van der Waals surface area contributed by atoms with E-state index < -0.39 is 12.2 Å². The molecule has 8 nitrogen and oxygen atoms in total. The molecule has 0 atom stereocenters. The number of pyridine rings is 1. The van der Waals surface area contributed by atoms with Crippen LogP contribution >= 0.6 is 0 Å². The Morgan fingerprint density at radius 2 is 1.62 bits per heavy atom. The fraction of sp³-hybridized carbons (Fsp3) is 0.400. The van der Waals surface area contributed by atoms with Crippen LogP contribution in [0.2, 0.25) is 0 Å². The Labute approximate surface area is 322 Å². The first-order chi connectivity index (χ1) is 26.5. The minimum absolute atomic E-state index is 0.246. The van der Waals surface area contributed by atoms with E-state index >= 15 is 0 Å². The van der Waals surface area contributed by atoms with Crippen molar-refractivity contribution in [2.75, 3.05) is 31.5 Å². The molecule has 8 rings (SSSR count). The molecule has 10 heteroatoms. The standard InChI is InChI=1S/C45H48F2N8/c1-28-35(11-8-12-36(28)39-23-37-32(24-48)19-29(20-38(37)51-39)26-55-17-13-33(14-18-55)45(2,3)4)31-9-7-10-34(22-31)50-43-41-40(52-44(53-43)42(46)47)21-30(25-49-41)27-54-15-5-6-16-54/h7-12,19-22,25,33,42H,5-6,13-18,23,26-27H2,1-4H3,(H,50,52,53). The van der Waals surface area contributed by atoms with Crippen LogP contribution in [0.25, 0.3) is 22.2 Å². The summed E-state index contributed by atoms with van der Waals surface area (Å²) < 4.78 is 28.0. The molecule has 3 aromatic carbocycles. The van der Waals surface area contributed by atoms with Gasteiger partial charge in [-0.05, 0) is 134 Å². The van der Waals surface area contributed by atoms with Gasteiger partial charge in [0.25, 0.3) is 6.43 Å². The van der Waals surface area contributed by atoms with E-state index in [0.29, 0.717) is 34.1 Å². The summed E-state index contributed by atoms with van der Waals surface area (Å²) in [6, 6.07) is 22.6. The van der Waals surface area contributed by atoms with Crippen molar-refractivity contribution in [2.45, 2.75) is 79.3 Å².